The van der Waals surface area contributed by atoms with Crippen LogP contribution in [-0.4, -0.2) is 42.0 Å². The number of hydrogen-bond donors (Lipinski definition) is 1. The molecule has 1 aliphatic rings. The molecule has 29 heavy (non-hydrogen) atoms. The molecule has 2 aromatic heterocycles. The summed E-state index contributed by atoms with van der Waals surface area (Å²) in [4.78, 5) is 13.3. The molecule has 6 nitrogen and oxygen atoms in total. The number of methoxy groups -OCH3 is 2. The minimum atomic E-state index is -0.840. The molecule has 9 heteroatoms. The lowest BCUT2D eigenvalue weighted by Crippen LogP contribution is -2.08. The number of anilines is 1. The van der Waals surface area contributed by atoms with Crippen molar-refractivity contribution in [3.05, 3.63) is 30.0 Å². The maximum absolute atomic E-state index is 15.0. The molecule has 1 fully saturated rings. The van der Waals surface area contributed by atoms with Crippen molar-refractivity contribution in [2.45, 2.75) is 18.0 Å². The van der Waals surface area contributed by atoms with E-state index in [0.29, 0.717) is 27.8 Å². The van der Waals surface area contributed by atoms with Crippen LogP contribution in [0.3, 0.4) is 0 Å². The molecule has 0 saturated heterocycles. The topological polar surface area (TPSA) is 69.2 Å². The monoisotopic (exact) mass is 418 g/mol. The second-order valence-corrected chi connectivity index (χ2v) is 7.53. The van der Waals surface area contributed by atoms with Gasteiger partial charge in [-0.2, -0.15) is 0 Å². The number of aromatic nitrogens is 3. The van der Waals surface area contributed by atoms with Crippen molar-refractivity contribution in [1.29, 1.82) is 0 Å². The van der Waals surface area contributed by atoms with Gasteiger partial charge in [-0.1, -0.05) is 11.8 Å². The van der Waals surface area contributed by atoms with Gasteiger partial charge < -0.3 is 14.8 Å². The van der Waals surface area contributed by atoms with Gasteiger partial charge in [0.1, 0.15) is 5.52 Å². The number of hydrogen-bond acceptors (Lipinski definition) is 7. The molecule has 0 atom stereocenters. The second kappa shape index (κ2) is 7.98. The van der Waals surface area contributed by atoms with Crippen molar-refractivity contribution < 1.29 is 18.3 Å². The Morgan fingerprint density at radius 3 is 2.38 bits per heavy atom. The first kappa shape index (κ1) is 19.6. The summed E-state index contributed by atoms with van der Waals surface area (Å²) in [5.41, 5.74) is 0.416. The molecule has 152 valence electrons. The molecule has 1 aromatic carbocycles. The molecule has 2 heterocycles. The SMILES string of the molecule is COc1cc(OC)c(F)c(-c2cc3cnc(SC)nc3c(NCC3CC3)n2)c1F. The average Bonchev–Trinajstić information content (AvgIpc) is 3.56. The van der Waals surface area contributed by atoms with Gasteiger partial charge in [-0.05, 0) is 31.1 Å². The lowest BCUT2D eigenvalue weighted by molar-refractivity contribution is 0.359. The Kier molecular flexibility index (Phi) is 5.40. The van der Waals surface area contributed by atoms with Crippen LogP contribution >= 0.6 is 11.8 Å². The highest BCUT2D eigenvalue weighted by Crippen LogP contribution is 2.39. The zero-order valence-corrected chi connectivity index (χ0v) is 17.1. The van der Waals surface area contributed by atoms with E-state index in [-0.39, 0.29) is 22.8 Å². The number of fused-ring (bicyclic) bond motifs is 1. The third-order valence-corrected chi connectivity index (χ3v) is 5.37. The summed E-state index contributed by atoms with van der Waals surface area (Å²) in [5, 5.41) is 4.52. The predicted octanol–water partition coefficient (Wildman–Crippen LogP) is 4.53. The third-order valence-electron chi connectivity index (χ3n) is 4.81. The van der Waals surface area contributed by atoms with Crippen LogP contribution in [0.15, 0.2) is 23.5 Å². The molecule has 4 rings (SSSR count). The molecule has 0 aliphatic heterocycles. The molecule has 0 unspecified atom stereocenters. The van der Waals surface area contributed by atoms with Gasteiger partial charge >= 0.3 is 0 Å². The van der Waals surface area contributed by atoms with E-state index in [1.54, 1.807) is 12.3 Å². The number of halogens is 2. The summed E-state index contributed by atoms with van der Waals surface area (Å²) in [6.07, 6.45) is 5.83. The van der Waals surface area contributed by atoms with E-state index in [4.69, 9.17) is 9.47 Å². The van der Waals surface area contributed by atoms with Crippen LogP contribution in [0.25, 0.3) is 22.2 Å². The number of rotatable bonds is 7. The van der Waals surface area contributed by atoms with Gasteiger partial charge in [0.05, 0.1) is 25.5 Å². The van der Waals surface area contributed by atoms with E-state index in [2.05, 4.69) is 20.3 Å². The summed E-state index contributed by atoms with van der Waals surface area (Å²) < 4.78 is 40.1. The lowest BCUT2D eigenvalue weighted by atomic mass is 10.1. The van der Waals surface area contributed by atoms with Crippen LogP contribution in [0.4, 0.5) is 14.6 Å². The van der Waals surface area contributed by atoms with Gasteiger partial charge in [0.2, 0.25) is 0 Å². The second-order valence-electron chi connectivity index (χ2n) is 6.76. The first-order valence-electron chi connectivity index (χ1n) is 9.11. The summed E-state index contributed by atoms with van der Waals surface area (Å²) >= 11 is 1.41. The summed E-state index contributed by atoms with van der Waals surface area (Å²) in [6, 6.07) is 2.75. The van der Waals surface area contributed by atoms with Gasteiger partial charge in [-0.15, -0.1) is 0 Å². The Bertz CT molecular complexity index is 1050. The molecule has 1 saturated carbocycles. The smallest absolute Gasteiger partial charge is 0.187 e. The number of benzene rings is 1. The van der Waals surface area contributed by atoms with E-state index in [9.17, 15) is 8.78 Å². The summed E-state index contributed by atoms with van der Waals surface area (Å²) in [7, 11) is 2.63. The van der Waals surface area contributed by atoms with Gasteiger partial charge in [0.15, 0.2) is 34.1 Å². The fraction of sp³-hybridized carbons (Fsp3) is 0.350. The molecule has 0 radical (unpaired) electrons. The quantitative estimate of drug-likeness (QED) is 0.446. The third kappa shape index (κ3) is 3.78. The molecule has 0 spiro atoms. The van der Waals surface area contributed by atoms with E-state index in [1.807, 2.05) is 6.26 Å². The van der Waals surface area contributed by atoms with Crippen molar-refractivity contribution >= 4 is 28.5 Å². The van der Waals surface area contributed by atoms with Gasteiger partial charge in [0.25, 0.3) is 0 Å². The van der Waals surface area contributed by atoms with Crippen molar-refractivity contribution in [2.75, 3.05) is 32.3 Å². The van der Waals surface area contributed by atoms with Crippen molar-refractivity contribution in [3.63, 3.8) is 0 Å². The Hall–Kier alpha value is -2.68. The zero-order chi connectivity index (χ0) is 20.5. The molecule has 1 N–H and O–H groups in total. The largest absolute Gasteiger partial charge is 0.494 e. The number of ether oxygens (including phenoxy) is 2. The van der Waals surface area contributed by atoms with E-state index in [0.717, 1.165) is 19.4 Å². The maximum Gasteiger partial charge on any atom is 0.187 e. The number of nitrogens with zero attached hydrogens (tertiary/aromatic N) is 3. The van der Waals surface area contributed by atoms with Crippen LogP contribution in [0.5, 0.6) is 11.5 Å². The highest BCUT2D eigenvalue weighted by atomic mass is 32.2. The Labute approximate surface area is 171 Å². The fourth-order valence-corrected chi connectivity index (χ4v) is 3.39. The summed E-state index contributed by atoms with van der Waals surface area (Å²) in [6.45, 7) is 0.733. The first-order chi connectivity index (χ1) is 14.0. The molecule has 0 bridgehead atoms. The van der Waals surface area contributed by atoms with E-state index < -0.39 is 11.6 Å². The number of pyridine rings is 1. The average molecular weight is 418 g/mol. The Morgan fingerprint density at radius 1 is 1.10 bits per heavy atom. The molecule has 0 amide bonds. The van der Waals surface area contributed by atoms with E-state index in [1.165, 1.54) is 32.0 Å². The minimum Gasteiger partial charge on any atom is -0.494 e. The minimum absolute atomic E-state index is 0.114. The molecular weight excluding hydrogens is 398 g/mol. The van der Waals surface area contributed by atoms with Crippen LogP contribution < -0.4 is 14.8 Å². The predicted molar refractivity (Wildman–Crippen MR) is 109 cm³/mol. The maximum atomic E-state index is 15.0. The zero-order valence-electron chi connectivity index (χ0n) is 16.3. The van der Waals surface area contributed by atoms with Crippen LogP contribution in [0.1, 0.15) is 12.8 Å². The highest BCUT2D eigenvalue weighted by molar-refractivity contribution is 7.98. The summed E-state index contributed by atoms with van der Waals surface area (Å²) in [5.74, 6) is -0.867. The van der Waals surface area contributed by atoms with Gasteiger partial charge in [-0.25, -0.2) is 23.7 Å². The van der Waals surface area contributed by atoms with Crippen molar-refractivity contribution in [3.8, 4) is 22.8 Å². The van der Waals surface area contributed by atoms with Crippen molar-refractivity contribution in [2.24, 2.45) is 5.92 Å². The van der Waals surface area contributed by atoms with Crippen LogP contribution in [-0.2, 0) is 0 Å². The number of thioether (sulfide) groups is 1. The highest BCUT2D eigenvalue weighted by Gasteiger charge is 2.25. The standard InChI is InChI=1S/C20H20F2N4O2S/c1-27-13-7-14(28-2)17(22)15(16(13)21)12-6-11-9-24-20(29-3)26-18(11)19(25-12)23-8-10-4-5-10/h6-7,9-10H,4-5,8H2,1-3H3,(H,23,25). The lowest BCUT2D eigenvalue weighted by Gasteiger charge is -2.15. The van der Waals surface area contributed by atoms with Gasteiger partial charge in [0, 0.05) is 24.2 Å². The van der Waals surface area contributed by atoms with Crippen molar-refractivity contribution in [1.82, 2.24) is 15.0 Å². The molecule has 3 aromatic rings. The van der Waals surface area contributed by atoms with Crippen LogP contribution in [0.2, 0.25) is 0 Å². The molecular formula is C20H20F2N4O2S. The van der Waals surface area contributed by atoms with E-state index >= 15 is 0 Å². The normalized spacial score (nSPS) is 13.6. The van der Waals surface area contributed by atoms with Crippen LogP contribution in [0, 0.1) is 17.6 Å². The first-order valence-corrected chi connectivity index (χ1v) is 10.3. The molecule has 1 aliphatic carbocycles. The number of nitrogens with one attached hydrogen (secondary N) is 1. The van der Waals surface area contributed by atoms with Gasteiger partial charge in [-0.3, -0.25) is 0 Å². The Balaban J connectivity index is 1.92. The Morgan fingerprint density at radius 2 is 1.79 bits per heavy atom. The fourth-order valence-electron chi connectivity index (χ4n) is 3.05.